The quantitative estimate of drug-likeness (QED) is 0.768. The van der Waals surface area contributed by atoms with Crippen LogP contribution in [-0.2, 0) is 0 Å². The second-order valence-corrected chi connectivity index (χ2v) is 5.37. The summed E-state index contributed by atoms with van der Waals surface area (Å²) in [5.74, 6) is 1.56. The average Bonchev–Trinajstić information content (AvgIpc) is 3.06. The van der Waals surface area contributed by atoms with Crippen LogP contribution in [0.3, 0.4) is 0 Å². The predicted octanol–water partition coefficient (Wildman–Crippen LogP) is 3.30. The predicted molar refractivity (Wildman–Crippen MR) is 91.1 cm³/mol. The third kappa shape index (κ3) is 3.52. The molecule has 0 N–H and O–H groups in total. The van der Waals surface area contributed by atoms with Gasteiger partial charge in [-0.2, -0.15) is 5.10 Å². The van der Waals surface area contributed by atoms with Gasteiger partial charge >= 0.3 is 0 Å². The number of nitrogens with zero attached hydrogens (tertiary/aromatic N) is 5. The molecular weight excluding hydrogens is 282 g/mol. The number of aromatic nitrogens is 3. The molecule has 0 aliphatic heterocycles. The number of allylic oxidation sites excluding steroid dienone is 1. The van der Waals surface area contributed by atoms with Crippen molar-refractivity contribution >= 4 is 30.0 Å². The van der Waals surface area contributed by atoms with Crippen LogP contribution in [-0.4, -0.2) is 41.3 Å². The van der Waals surface area contributed by atoms with Crippen molar-refractivity contribution in [1.82, 2.24) is 14.8 Å². The van der Waals surface area contributed by atoms with Gasteiger partial charge in [-0.3, -0.25) is 4.99 Å². The third-order valence-electron chi connectivity index (χ3n) is 3.09. The Kier molecular flexibility index (Phi) is 5.16. The Labute approximate surface area is 129 Å². The zero-order chi connectivity index (χ0) is 15.2. The van der Waals surface area contributed by atoms with Gasteiger partial charge in [-0.05, 0) is 43.0 Å². The maximum absolute atomic E-state index is 4.66. The van der Waals surface area contributed by atoms with Crippen molar-refractivity contribution in [2.24, 2.45) is 4.99 Å². The molecule has 0 bridgehead atoms. The van der Waals surface area contributed by atoms with Crippen molar-refractivity contribution in [1.29, 1.82) is 0 Å². The van der Waals surface area contributed by atoms with E-state index in [1.165, 1.54) is 4.91 Å². The smallest absolute Gasteiger partial charge is 0.157 e. The minimum atomic E-state index is 0.764. The van der Waals surface area contributed by atoms with E-state index in [4.69, 9.17) is 0 Å². The second-order valence-electron chi connectivity index (χ2n) is 4.44. The molecule has 0 atom stereocenters. The van der Waals surface area contributed by atoms with Crippen LogP contribution < -0.4 is 4.90 Å². The molecule has 0 aliphatic carbocycles. The number of anilines is 1. The molecule has 6 heteroatoms. The van der Waals surface area contributed by atoms with Crippen molar-refractivity contribution < 1.29 is 0 Å². The molecule has 0 radical (unpaired) electrons. The van der Waals surface area contributed by atoms with Crippen LogP contribution in [0.2, 0.25) is 0 Å². The Balaban J connectivity index is 2.36. The van der Waals surface area contributed by atoms with Gasteiger partial charge in [0.2, 0.25) is 0 Å². The number of rotatable bonds is 6. The van der Waals surface area contributed by atoms with Gasteiger partial charge in [0.15, 0.2) is 11.6 Å². The number of hydrogen-bond acceptors (Lipinski definition) is 5. The van der Waals surface area contributed by atoms with Crippen LogP contribution in [0.1, 0.15) is 6.92 Å². The summed E-state index contributed by atoms with van der Waals surface area (Å²) in [4.78, 5) is 12.1. The third-order valence-corrected chi connectivity index (χ3v) is 3.98. The number of hydrogen-bond donors (Lipinski definition) is 0. The molecule has 0 unspecified atom stereocenters. The molecule has 0 spiro atoms. The normalized spacial score (nSPS) is 11.5. The summed E-state index contributed by atoms with van der Waals surface area (Å²) in [6.45, 7) is 6.46. The van der Waals surface area contributed by atoms with Crippen molar-refractivity contribution in [2.45, 2.75) is 6.92 Å². The molecule has 0 saturated carbocycles. The lowest BCUT2D eigenvalue weighted by atomic mass is 10.3. The van der Waals surface area contributed by atoms with E-state index >= 15 is 0 Å². The van der Waals surface area contributed by atoms with Gasteiger partial charge in [-0.25, -0.2) is 9.67 Å². The molecule has 0 fully saturated rings. The first-order valence-electron chi connectivity index (χ1n) is 6.57. The zero-order valence-electron chi connectivity index (χ0n) is 12.5. The maximum Gasteiger partial charge on any atom is 0.157 e. The SMILES string of the molecule is C=Nc1ccc(-n2cccn2)nc1N(C)C/C(=C/C)SC. The largest absolute Gasteiger partial charge is 0.353 e. The molecule has 5 nitrogen and oxygen atoms in total. The van der Waals surface area contributed by atoms with E-state index in [1.807, 2.05) is 38.4 Å². The van der Waals surface area contributed by atoms with Crippen molar-refractivity contribution in [3.8, 4) is 5.82 Å². The molecule has 0 amide bonds. The summed E-state index contributed by atoms with van der Waals surface area (Å²) < 4.78 is 1.73. The van der Waals surface area contributed by atoms with Gasteiger partial charge in [0, 0.05) is 26.0 Å². The number of aliphatic imine (C=N–C) groups is 1. The molecule has 2 aromatic rings. The van der Waals surface area contributed by atoms with Crippen LogP contribution in [0.15, 0.2) is 46.6 Å². The minimum absolute atomic E-state index is 0.764. The Bertz CT molecular complexity index is 634. The van der Waals surface area contributed by atoms with Crippen molar-refractivity contribution in [3.05, 3.63) is 41.6 Å². The van der Waals surface area contributed by atoms with E-state index in [-0.39, 0.29) is 0 Å². The van der Waals surface area contributed by atoms with Crippen LogP contribution in [0.4, 0.5) is 11.5 Å². The van der Waals surface area contributed by atoms with E-state index in [0.29, 0.717) is 0 Å². The topological polar surface area (TPSA) is 46.3 Å². The summed E-state index contributed by atoms with van der Waals surface area (Å²) in [5, 5.41) is 4.21. The van der Waals surface area contributed by atoms with Crippen molar-refractivity contribution in [2.75, 3.05) is 24.7 Å². The number of thioether (sulfide) groups is 1. The van der Waals surface area contributed by atoms with E-state index in [0.717, 1.165) is 23.9 Å². The monoisotopic (exact) mass is 301 g/mol. The Morgan fingerprint density at radius 1 is 1.52 bits per heavy atom. The van der Waals surface area contributed by atoms with Gasteiger partial charge in [0.25, 0.3) is 0 Å². The Morgan fingerprint density at radius 3 is 2.90 bits per heavy atom. The zero-order valence-corrected chi connectivity index (χ0v) is 13.3. The summed E-state index contributed by atoms with van der Waals surface area (Å²) in [5.41, 5.74) is 0.768. The first kappa shape index (κ1) is 15.3. The molecule has 2 heterocycles. The molecule has 110 valence electrons. The first-order chi connectivity index (χ1) is 10.2. The summed E-state index contributed by atoms with van der Waals surface area (Å²) >= 11 is 1.74. The van der Waals surface area contributed by atoms with E-state index < -0.39 is 0 Å². The molecule has 2 aromatic heterocycles. The lowest BCUT2D eigenvalue weighted by Gasteiger charge is -2.21. The fraction of sp³-hybridized carbons (Fsp3) is 0.267. The lowest BCUT2D eigenvalue weighted by molar-refractivity contribution is 0.839. The standard InChI is InChI=1S/C15H19N5S/c1-5-12(21-4)11-19(3)15-13(16-2)7-8-14(18-15)20-10-6-9-17-20/h5-10H,2,11H2,1,3-4H3/b12-5-. The highest BCUT2D eigenvalue weighted by Crippen LogP contribution is 2.28. The summed E-state index contributed by atoms with van der Waals surface area (Å²) in [6.07, 6.45) is 7.78. The number of pyridine rings is 1. The van der Waals surface area contributed by atoms with Crippen LogP contribution in [0.5, 0.6) is 0 Å². The van der Waals surface area contributed by atoms with Gasteiger partial charge in [0.1, 0.15) is 5.69 Å². The first-order valence-corrected chi connectivity index (χ1v) is 7.80. The van der Waals surface area contributed by atoms with Crippen LogP contribution in [0, 0.1) is 0 Å². The van der Waals surface area contributed by atoms with E-state index in [1.54, 1.807) is 22.6 Å². The highest BCUT2D eigenvalue weighted by molar-refractivity contribution is 8.02. The molecule has 0 aliphatic rings. The minimum Gasteiger partial charge on any atom is -0.353 e. The van der Waals surface area contributed by atoms with Gasteiger partial charge in [-0.1, -0.05) is 6.08 Å². The summed E-state index contributed by atoms with van der Waals surface area (Å²) in [6, 6.07) is 5.67. The molecular formula is C15H19N5S. The average molecular weight is 301 g/mol. The van der Waals surface area contributed by atoms with Gasteiger partial charge in [-0.15, -0.1) is 11.8 Å². The highest BCUT2D eigenvalue weighted by atomic mass is 32.2. The Morgan fingerprint density at radius 2 is 2.33 bits per heavy atom. The van der Waals surface area contributed by atoms with E-state index in [2.05, 4.69) is 39.0 Å². The van der Waals surface area contributed by atoms with Crippen molar-refractivity contribution in [3.63, 3.8) is 0 Å². The Hall–Kier alpha value is -2.08. The van der Waals surface area contributed by atoms with Gasteiger partial charge in [0.05, 0.1) is 0 Å². The maximum atomic E-state index is 4.66. The fourth-order valence-electron chi connectivity index (χ4n) is 1.95. The lowest BCUT2D eigenvalue weighted by Crippen LogP contribution is -2.21. The summed E-state index contributed by atoms with van der Waals surface area (Å²) in [7, 11) is 2.00. The second kappa shape index (κ2) is 7.08. The molecule has 2 rings (SSSR count). The highest BCUT2D eigenvalue weighted by Gasteiger charge is 2.12. The van der Waals surface area contributed by atoms with Crippen LogP contribution in [0.25, 0.3) is 5.82 Å². The molecule has 0 aromatic carbocycles. The van der Waals surface area contributed by atoms with E-state index in [9.17, 15) is 0 Å². The fourth-order valence-corrected chi connectivity index (χ4v) is 2.51. The van der Waals surface area contributed by atoms with Gasteiger partial charge < -0.3 is 4.90 Å². The van der Waals surface area contributed by atoms with Crippen LogP contribution >= 0.6 is 11.8 Å². The molecule has 21 heavy (non-hydrogen) atoms. The molecule has 0 saturated heterocycles. The number of likely N-dealkylation sites (N-methyl/N-ethyl adjacent to an activating group) is 1.